The first-order valence-electron chi connectivity index (χ1n) is 6.46. The van der Waals surface area contributed by atoms with Gasteiger partial charge in [-0.15, -0.1) is 0 Å². The molecular weight excluding hydrogens is 254 g/mol. The van der Waals surface area contributed by atoms with Crippen molar-refractivity contribution in [1.29, 1.82) is 0 Å². The fraction of sp³-hybridized carbons (Fsp3) is 0.250. The Morgan fingerprint density at radius 1 is 1.30 bits per heavy atom. The van der Waals surface area contributed by atoms with Gasteiger partial charge in [-0.2, -0.15) is 0 Å². The van der Waals surface area contributed by atoms with E-state index in [1.807, 2.05) is 37.3 Å². The van der Waals surface area contributed by atoms with E-state index in [2.05, 4.69) is 11.6 Å². The Bertz CT molecular complexity index is 649. The van der Waals surface area contributed by atoms with Crippen molar-refractivity contribution in [2.24, 2.45) is 0 Å². The highest BCUT2D eigenvalue weighted by Gasteiger charge is 2.10. The molecule has 0 saturated carbocycles. The first-order valence-corrected chi connectivity index (χ1v) is 6.46. The molecule has 1 aromatic heterocycles. The first kappa shape index (κ1) is 14.1. The molecule has 0 bridgehead atoms. The summed E-state index contributed by atoms with van der Waals surface area (Å²) in [5.74, 6) is 0.202. The minimum absolute atomic E-state index is 0.0908. The summed E-state index contributed by atoms with van der Waals surface area (Å²) in [5.41, 5.74) is 1.98. The Morgan fingerprint density at radius 2 is 2.10 bits per heavy atom. The minimum Gasteiger partial charge on any atom is -0.486 e. The number of rotatable bonds is 5. The third kappa shape index (κ3) is 3.15. The highest BCUT2D eigenvalue weighted by atomic mass is 16.5. The summed E-state index contributed by atoms with van der Waals surface area (Å²) in [6.45, 7) is 7.76. The molecule has 2 rings (SSSR count). The number of carbonyl (C=O) groups excluding carboxylic acids is 1. The van der Waals surface area contributed by atoms with Crippen LogP contribution in [0.15, 0.2) is 42.5 Å². The van der Waals surface area contributed by atoms with Gasteiger partial charge in [0.15, 0.2) is 0 Å². The van der Waals surface area contributed by atoms with E-state index in [9.17, 15) is 4.79 Å². The van der Waals surface area contributed by atoms with Crippen molar-refractivity contribution in [2.45, 2.75) is 13.8 Å². The van der Waals surface area contributed by atoms with Crippen LogP contribution in [0.25, 0.3) is 10.9 Å². The number of nitrogens with zero attached hydrogens (tertiary/aromatic N) is 1. The van der Waals surface area contributed by atoms with Crippen LogP contribution in [0.3, 0.4) is 0 Å². The predicted octanol–water partition coefficient (Wildman–Crippen LogP) is 3.04. The molecule has 2 aromatic rings. The van der Waals surface area contributed by atoms with Crippen LogP contribution >= 0.6 is 0 Å². The molecule has 0 aliphatic rings. The molecule has 4 heteroatoms. The average molecular weight is 271 g/mol. The second-order valence-electron chi connectivity index (χ2n) is 4.39. The normalized spacial score (nSPS) is 10.3. The molecule has 0 saturated heterocycles. The SMILES string of the molecule is C=C(COc1cccc2ccc(C)nc12)C(=O)OCC. The highest BCUT2D eigenvalue weighted by Crippen LogP contribution is 2.24. The number of ether oxygens (including phenoxy) is 2. The van der Waals surface area contributed by atoms with Crippen LogP contribution in [-0.2, 0) is 9.53 Å². The van der Waals surface area contributed by atoms with Crippen molar-refractivity contribution in [3.05, 3.63) is 48.2 Å². The Labute approximate surface area is 118 Å². The molecule has 0 amide bonds. The number of para-hydroxylation sites is 1. The minimum atomic E-state index is -0.433. The molecule has 1 heterocycles. The third-order valence-corrected chi connectivity index (χ3v) is 2.79. The topological polar surface area (TPSA) is 48.4 Å². The molecule has 0 spiro atoms. The van der Waals surface area contributed by atoms with Crippen molar-refractivity contribution >= 4 is 16.9 Å². The highest BCUT2D eigenvalue weighted by molar-refractivity contribution is 5.88. The Morgan fingerprint density at radius 3 is 2.85 bits per heavy atom. The zero-order chi connectivity index (χ0) is 14.5. The van der Waals surface area contributed by atoms with Crippen LogP contribution in [-0.4, -0.2) is 24.2 Å². The van der Waals surface area contributed by atoms with Gasteiger partial charge >= 0.3 is 5.97 Å². The van der Waals surface area contributed by atoms with E-state index in [1.54, 1.807) is 6.92 Å². The van der Waals surface area contributed by atoms with Crippen LogP contribution in [0.4, 0.5) is 0 Å². The van der Waals surface area contributed by atoms with Gasteiger partial charge in [-0.25, -0.2) is 9.78 Å². The number of fused-ring (bicyclic) bond motifs is 1. The lowest BCUT2D eigenvalue weighted by molar-refractivity contribution is -0.138. The summed E-state index contributed by atoms with van der Waals surface area (Å²) < 4.78 is 10.5. The quantitative estimate of drug-likeness (QED) is 0.619. The van der Waals surface area contributed by atoms with E-state index in [0.717, 1.165) is 16.6 Å². The van der Waals surface area contributed by atoms with Crippen LogP contribution in [0.5, 0.6) is 5.75 Å². The number of benzene rings is 1. The number of pyridine rings is 1. The maximum atomic E-state index is 11.5. The summed E-state index contributed by atoms with van der Waals surface area (Å²) in [4.78, 5) is 15.9. The van der Waals surface area contributed by atoms with Gasteiger partial charge in [0, 0.05) is 11.1 Å². The number of carbonyl (C=O) groups is 1. The van der Waals surface area contributed by atoms with E-state index in [-0.39, 0.29) is 12.2 Å². The van der Waals surface area contributed by atoms with Crippen LogP contribution < -0.4 is 4.74 Å². The molecule has 0 radical (unpaired) electrons. The van der Waals surface area contributed by atoms with Gasteiger partial charge in [-0.3, -0.25) is 0 Å². The van der Waals surface area contributed by atoms with E-state index >= 15 is 0 Å². The molecule has 4 nitrogen and oxygen atoms in total. The summed E-state index contributed by atoms with van der Waals surface area (Å²) >= 11 is 0. The van der Waals surface area contributed by atoms with E-state index in [0.29, 0.717) is 12.4 Å². The monoisotopic (exact) mass is 271 g/mol. The number of esters is 1. The molecule has 1 aromatic carbocycles. The van der Waals surface area contributed by atoms with E-state index < -0.39 is 5.97 Å². The summed E-state index contributed by atoms with van der Waals surface area (Å²) in [7, 11) is 0. The lowest BCUT2D eigenvalue weighted by Gasteiger charge is -2.10. The molecule has 0 N–H and O–H groups in total. The molecule has 0 unspecified atom stereocenters. The predicted molar refractivity (Wildman–Crippen MR) is 77.7 cm³/mol. The largest absolute Gasteiger partial charge is 0.486 e. The van der Waals surface area contributed by atoms with Crippen LogP contribution in [0.1, 0.15) is 12.6 Å². The number of aryl methyl sites for hydroxylation is 1. The van der Waals surface area contributed by atoms with Crippen molar-refractivity contribution in [2.75, 3.05) is 13.2 Å². The van der Waals surface area contributed by atoms with Gasteiger partial charge in [0.1, 0.15) is 17.9 Å². The van der Waals surface area contributed by atoms with Gasteiger partial charge in [0.2, 0.25) is 0 Å². The van der Waals surface area contributed by atoms with Gasteiger partial charge < -0.3 is 9.47 Å². The lowest BCUT2D eigenvalue weighted by atomic mass is 10.2. The smallest absolute Gasteiger partial charge is 0.336 e. The van der Waals surface area contributed by atoms with E-state index in [1.165, 1.54) is 0 Å². The van der Waals surface area contributed by atoms with Gasteiger partial charge in [-0.05, 0) is 26.0 Å². The number of hydrogen-bond donors (Lipinski definition) is 0. The second kappa shape index (κ2) is 6.19. The van der Waals surface area contributed by atoms with Crippen molar-refractivity contribution in [1.82, 2.24) is 4.98 Å². The average Bonchev–Trinajstić information content (AvgIpc) is 2.45. The zero-order valence-corrected chi connectivity index (χ0v) is 11.7. The summed E-state index contributed by atoms with van der Waals surface area (Å²) in [6, 6.07) is 9.62. The third-order valence-electron chi connectivity index (χ3n) is 2.79. The maximum absolute atomic E-state index is 11.5. The summed E-state index contributed by atoms with van der Waals surface area (Å²) in [5, 5.41) is 0.995. The maximum Gasteiger partial charge on any atom is 0.336 e. The molecule has 0 atom stereocenters. The Hall–Kier alpha value is -2.36. The Kier molecular flexibility index (Phi) is 4.35. The molecular formula is C16H17NO3. The van der Waals surface area contributed by atoms with Crippen molar-refractivity contribution in [3.8, 4) is 5.75 Å². The zero-order valence-electron chi connectivity index (χ0n) is 11.7. The van der Waals surface area contributed by atoms with Gasteiger partial charge in [-0.1, -0.05) is 24.8 Å². The molecule has 0 aliphatic heterocycles. The fourth-order valence-corrected chi connectivity index (χ4v) is 1.79. The van der Waals surface area contributed by atoms with Gasteiger partial charge in [0.05, 0.1) is 12.2 Å². The first-order chi connectivity index (χ1) is 9.61. The van der Waals surface area contributed by atoms with Crippen molar-refractivity contribution in [3.63, 3.8) is 0 Å². The van der Waals surface area contributed by atoms with Crippen LogP contribution in [0, 0.1) is 6.92 Å². The van der Waals surface area contributed by atoms with Crippen LogP contribution in [0.2, 0.25) is 0 Å². The lowest BCUT2D eigenvalue weighted by Crippen LogP contribution is -2.13. The molecule has 0 aliphatic carbocycles. The fourth-order valence-electron chi connectivity index (χ4n) is 1.79. The summed E-state index contributed by atoms with van der Waals surface area (Å²) in [6.07, 6.45) is 0. The van der Waals surface area contributed by atoms with E-state index in [4.69, 9.17) is 9.47 Å². The number of hydrogen-bond acceptors (Lipinski definition) is 4. The standard InChI is InChI=1S/C16H17NO3/c1-4-19-16(18)11(2)10-20-14-7-5-6-13-9-8-12(3)17-15(13)14/h5-9H,2,4,10H2,1,3H3. The Balaban J connectivity index is 2.16. The molecule has 0 fully saturated rings. The second-order valence-corrected chi connectivity index (χ2v) is 4.39. The van der Waals surface area contributed by atoms with Crippen molar-refractivity contribution < 1.29 is 14.3 Å². The van der Waals surface area contributed by atoms with Gasteiger partial charge in [0.25, 0.3) is 0 Å². The molecule has 20 heavy (non-hydrogen) atoms. The molecule has 104 valence electrons. The number of aromatic nitrogens is 1.